The average molecular weight is 484 g/mol. The minimum absolute atomic E-state index is 0.00920. The number of phenols is 2. The van der Waals surface area contributed by atoms with Crippen molar-refractivity contribution in [2.75, 3.05) is 0 Å². The Hall–Kier alpha value is -4.38. The van der Waals surface area contributed by atoms with Gasteiger partial charge in [-0.2, -0.15) is 0 Å². The van der Waals surface area contributed by atoms with Crippen LogP contribution in [0.25, 0.3) is 21.5 Å². The van der Waals surface area contributed by atoms with Crippen molar-refractivity contribution in [3.63, 3.8) is 0 Å². The zero-order chi connectivity index (χ0) is 24.7. The summed E-state index contributed by atoms with van der Waals surface area (Å²) < 4.78 is 0. The summed E-state index contributed by atoms with van der Waals surface area (Å²) in [6.45, 7) is 0. The molecule has 0 fully saturated rings. The van der Waals surface area contributed by atoms with Crippen LogP contribution in [0, 0.1) is 10.1 Å². The lowest BCUT2D eigenvalue weighted by Crippen LogP contribution is -2.11. The lowest BCUT2D eigenvalue weighted by Gasteiger charge is -2.28. The van der Waals surface area contributed by atoms with E-state index in [1.165, 1.54) is 27.5 Å². The van der Waals surface area contributed by atoms with Gasteiger partial charge in [-0.3, -0.25) is 10.1 Å². The van der Waals surface area contributed by atoms with Gasteiger partial charge in [0.15, 0.2) is 0 Å². The number of rotatable bonds is 1. The molecule has 0 saturated carbocycles. The fourth-order valence-corrected chi connectivity index (χ4v) is 8.20. The molecule has 5 aromatic carbocycles. The Balaban J connectivity index is 1.25. The van der Waals surface area contributed by atoms with Gasteiger partial charge in [0.25, 0.3) is 5.69 Å². The SMILES string of the molecule is O=[N+]([O-])c1ccc2cc3c(cc2c1)[C@@H]1C[C@H]3c2c(O)c3c(c(O)c21)[C@@H]1C[C@H]3c2cc3ccccc3cc21. The van der Waals surface area contributed by atoms with Crippen molar-refractivity contribution in [1.29, 1.82) is 0 Å². The molecule has 5 aromatic rings. The summed E-state index contributed by atoms with van der Waals surface area (Å²) in [4.78, 5) is 11.0. The summed E-state index contributed by atoms with van der Waals surface area (Å²) in [5, 5.41) is 39.1. The van der Waals surface area contributed by atoms with Gasteiger partial charge in [-0.1, -0.05) is 42.5 Å². The maximum atomic E-state index is 11.8. The van der Waals surface area contributed by atoms with Gasteiger partial charge < -0.3 is 10.2 Å². The molecule has 4 bridgehead atoms. The monoisotopic (exact) mass is 483 g/mol. The Labute approximate surface area is 211 Å². The van der Waals surface area contributed by atoms with E-state index in [0.717, 1.165) is 51.4 Å². The third-order valence-corrected chi connectivity index (χ3v) is 9.63. The Morgan fingerprint density at radius 3 is 1.43 bits per heavy atom. The Morgan fingerprint density at radius 2 is 1.00 bits per heavy atom. The minimum Gasteiger partial charge on any atom is -0.507 e. The maximum absolute atomic E-state index is 11.8. The highest BCUT2D eigenvalue weighted by Gasteiger charge is 2.52. The number of non-ortho nitro benzene ring substituents is 1. The van der Waals surface area contributed by atoms with Crippen LogP contribution in [0.4, 0.5) is 5.69 Å². The molecule has 0 saturated heterocycles. The summed E-state index contributed by atoms with van der Waals surface area (Å²) >= 11 is 0. The lowest BCUT2D eigenvalue weighted by molar-refractivity contribution is -0.384. The lowest BCUT2D eigenvalue weighted by atomic mass is 9.77. The van der Waals surface area contributed by atoms with E-state index in [0.29, 0.717) is 11.5 Å². The van der Waals surface area contributed by atoms with Gasteiger partial charge in [0.2, 0.25) is 0 Å². The molecule has 0 aliphatic heterocycles. The van der Waals surface area contributed by atoms with Crippen molar-refractivity contribution < 1.29 is 15.1 Å². The number of phenolic OH excluding ortho intramolecular Hbond substituents is 2. The van der Waals surface area contributed by atoms with E-state index in [4.69, 9.17) is 0 Å². The first-order valence-corrected chi connectivity index (χ1v) is 12.9. The average Bonchev–Trinajstić information content (AvgIpc) is 3.67. The molecular formula is C32H21NO4. The molecule has 0 radical (unpaired) electrons. The number of benzene rings is 5. The van der Waals surface area contributed by atoms with Crippen LogP contribution >= 0.6 is 0 Å². The topological polar surface area (TPSA) is 83.6 Å². The van der Waals surface area contributed by atoms with Crippen LogP contribution in [-0.4, -0.2) is 15.1 Å². The summed E-state index contributed by atoms with van der Waals surface area (Å²) in [5.74, 6) is 0.939. The molecule has 2 N–H and O–H groups in total. The summed E-state index contributed by atoms with van der Waals surface area (Å²) in [5.41, 5.74) is 8.52. The van der Waals surface area contributed by atoms with E-state index < -0.39 is 0 Å². The molecule has 9 rings (SSSR count). The number of hydrogen-bond donors (Lipinski definition) is 2. The van der Waals surface area contributed by atoms with Crippen LogP contribution in [0.3, 0.4) is 0 Å². The molecule has 178 valence electrons. The first-order chi connectivity index (χ1) is 18.0. The molecule has 0 heterocycles. The van der Waals surface area contributed by atoms with E-state index in [2.05, 4.69) is 48.5 Å². The highest BCUT2D eigenvalue weighted by atomic mass is 16.6. The van der Waals surface area contributed by atoms with Gasteiger partial charge in [-0.25, -0.2) is 0 Å². The number of aromatic hydroxyl groups is 2. The quantitative estimate of drug-likeness (QED) is 0.149. The fraction of sp³-hybridized carbons (Fsp3) is 0.188. The van der Waals surface area contributed by atoms with Gasteiger partial charge >= 0.3 is 0 Å². The molecule has 0 spiro atoms. The summed E-state index contributed by atoms with van der Waals surface area (Å²) in [6, 6.07) is 22.1. The van der Waals surface area contributed by atoms with Crippen LogP contribution in [0.15, 0.2) is 66.7 Å². The first kappa shape index (κ1) is 19.8. The molecule has 5 heteroatoms. The molecule has 5 nitrogen and oxygen atoms in total. The van der Waals surface area contributed by atoms with Crippen molar-refractivity contribution >= 4 is 27.2 Å². The molecular weight excluding hydrogens is 462 g/mol. The molecule has 4 atom stereocenters. The Kier molecular flexibility index (Phi) is 3.36. The highest BCUT2D eigenvalue weighted by Crippen LogP contribution is 2.69. The predicted molar refractivity (Wildman–Crippen MR) is 141 cm³/mol. The van der Waals surface area contributed by atoms with Gasteiger partial charge in [-0.15, -0.1) is 0 Å². The van der Waals surface area contributed by atoms with Crippen molar-refractivity contribution in [2.45, 2.75) is 36.5 Å². The predicted octanol–water partition coefficient (Wildman–Crippen LogP) is 7.27. The highest BCUT2D eigenvalue weighted by molar-refractivity contribution is 5.90. The summed E-state index contributed by atoms with van der Waals surface area (Å²) in [7, 11) is 0. The molecule has 37 heavy (non-hydrogen) atoms. The largest absolute Gasteiger partial charge is 0.507 e. The molecule has 0 aromatic heterocycles. The minimum atomic E-state index is -0.364. The van der Waals surface area contributed by atoms with E-state index >= 15 is 0 Å². The van der Waals surface area contributed by atoms with Gasteiger partial charge in [0.1, 0.15) is 11.5 Å². The van der Waals surface area contributed by atoms with Crippen LogP contribution in [-0.2, 0) is 0 Å². The Bertz CT molecular complexity index is 1920. The van der Waals surface area contributed by atoms with E-state index in [-0.39, 0.29) is 34.3 Å². The van der Waals surface area contributed by atoms with Gasteiger partial charge in [0.05, 0.1) is 4.92 Å². The second-order valence-electron chi connectivity index (χ2n) is 11.1. The van der Waals surface area contributed by atoms with E-state index in [1.807, 2.05) is 0 Å². The third-order valence-electron chi connectivity index (χ3n) is 9.63. The van der Waals surface area contributed by atoms with Gasteiger partial charge in [0, 0.05) is 58.1 Å². The molecule has 4 aliphatic carbocycles. The Morgan fingerprint density at radius 1 is 0.595 bits per heavy atom. The van der Waals surface area contributed by atoms with E-state index in [9.17, 15) is 20.3 Å². The van der Waals surface area contributed by atoms with Crippen molar-refractivity contribution in [2.24, 2.45) is 0 Å². The van der Waals surface area contributed by atoms with Crippen LogP contribution < -0.4 is 0 Å². The van der Waals surface area contributed by atoms with Crippen LogP contribution in [0.5, 0.6) is 11.5 Å². The number of nitro groups is 1. The normalized spacial score (nSPS) is 23.4. The number of hydrogen-bond acceptors (Lipinski definition) is 4. The van der Waals surface area contributed by atoms with E-state index in [1.54, 1.807) is 18.2 Å². The zero-order valence-electron chi connectivity index (χ0n) is 19.7. The second-order valence-corrected chi connectivity index (χ2v) is 11.1. The second kappa shape index (κ2) is 6.30. The van der Waals surface area contributed by atoms with Crippen LogP contribution in [0.1, 0.15) is 81.0 Å². The summed E-state index contributed by atoms with van der Waals surface area (Å²) in [6.07, 6.45) is 1.71. The maximum Gasteiger partial charge on any atom is 0.270 e. The van der Waals surface area contributed by atoms with Crippen molar-refractivity contribution in [3.8, 4) is 11.5 Å². The zero-order valence-corrected chi connectivity index (χ0v) is 19.7. The molecule has 0 unspecified atom stereocenters. The third kappa shape index (κ3) is 2.23. The fourth-order valence-electron chi connectivity index (χ4n) is 8.20. The van der Waals surface area contributed by atoms with Crippen molar-refractivity contribution in [3.05, 3.63) is 121 Å². The standard InChI is InChI=1S/C32H21NO4/c34-31-27-23-12-24(20-9-15-4-2-1-3-14(15)8-19(20)23)28(27)32(35)30-26-13-25(29(30)31)21-10-16-5-6-18(33(36)37)7-17(16)11-22(21)26/h1-11,23-26,34-35H,12-13H2/t23-,24+,25+,26-/m0/s1. The molecule has 4 aliphatic rings. The number of fused-ring (bicyclic) bond motifs is 18. The van der Waals surface area contributed by atoms with Crippen molar-refractivity contribution in [1.82, 2.24) is 0 Å². The number of nitro benzene ring substituents is 1. The first-order valence-electron chi connectivity index (χ1n) is 12.9. The van der Waals surface area contributed by atoms with Crippen LogP contribution in [0.2, 0.25) is 0 Å². The van der Waals surface area contributed by atoms with Gasteiger partial charge in [-0.05, 0) is 68.8 Å². The number of nitrogens with zero attached hydrogens (tertiary/aromatic N) is 1. The molecule has 0 amide bonds. The smallest absolute Gasteiger partial charge is 0.270 e.